The van der Waals surface area contributed by atoms with Gasteiger partial charge in [0.1, 0.15) is 0 Å². The third-order valence-electron chi connectivity index (χ3n) is 9.43. The molecule has 0 aromatic carbocycles. The highest BCUT2D eigenvalue weighted by Crippen LogP contribution is 2.67. The van der Waals surface area contributed by atoms with E-state index in [4.69, 9.17) is 14.2 Å². The summed E-state index contributed by atoms with van der Waals surface area (Å²) in [6, 6.07) is 0. The van der Waals surface area contributed by atoms with E-state index in [0.717, 1.165) is 18.4 Å². The number of allylic oxidation sites excluding steroid dienone is 4. The molecule has 0 saturated heterocycles. The van der Waals surface area contributed by atoms with Gasteiger partial charge >= 0.3 is 12.1 Å². The summed E-state index contributed by atoms with van der Waals surface area (Å²) in [6.45, 7) is 7.27. The first-order chi connectivity index (χ1) is 16.9. The third-order valence-corrected chi connectivity index (χ3v) is 9.43. The van der Waals surface area contributed by atoms with E-state index in [-0.39, 0.29) is 48.7 Å². The molecule has 8 nitrogen and oxygen atoms in total. The number of Topliss-reactive ketones (excluding diaryl/α,β-unsaturated/α-hetero) is 1. The van der Waals surface area contributed by atoms with Crippen LogP contribution < -0.4 is 0 Å². The number of hydrogen-bond acceptors (Lipinski definition) is 8. The molecule has 4 rings (SSSR count). The highest BCUT2D eigenvalue weighted by atomic mass is 16.7. The summed E-state index contributed by atoms with van der Waals surface area (Å²) < 4.78 is 15.9. The van der Waals surface area contributed by atoms with E-state index in [1.54, 1.807) is 12.2 Å². The van der Waals surface area contributed by atoms with Gasteiger partial charge in [-0.15, -0.1) is 0 Å². The van der Waals surface area contributed by atoms with Crippen LogP contribution in [0, 0.1) is 34.5 Å². The minimum Gasteiger partial charge on any atom is -0.457 e. The number of carbonyl (C=O) groups excluding carboxylic acids is 4. The van der Waals surface area contributed by atoms with Crippen LogP contribution in [0.1, 0.15) is 66.2 Å². The predicted molar refractivity (Wildman–Crippen MR) is 130 cm³/mol. The fourth-order valence-corrected chi connectivity index (χ4v) is 7.84. The van der Waals surface area contributed by atoms with Gasteiger partial charge in [-0.05, 0) is 62.0 Å². The Labute approximate surface area is 212 Å². The molecule has 0 heterocycles. The summed E-state index contributed by atoms with van der Waals surface area (Å²) in [5.74, 6) is -0.955. The maximum atomic E-state index is 13.7. The van der Waals surface area contributed by atoms with Crippen molar-refractivity contribution in [2.45, 2.75) is 77.9 Å². The molecule has 4 aliphatic rings. The van der Waals surface area contributed by atoms with Gasteiger partial charge in [-0.25, -0.2) is 4.79 Å². The van der Waals surface area contributed by atoms with Crippen LogP contribution in [0.5, 0.6) is 0 Å². The molecule has 0 aromatic heterocycles. The van der Waals surface area contributed by atoms with E-state index in [9.17, 15) is 24.3 Å². The smallest absolute Gasteiger partial charge is 0.457 e. The van der Waals surface area contributed by atoms with Crippen molar-refractivity contribution in [3.63, 3.8) is 0 Å². The summed E-state index contributed by atoms with van der Waals surface area (Å²) in [6.07, 6.45) is 6.30. The maximum absolute atomic E-state index is 13.7. The first-order valence-corrected chi connectivity index (χ1v) is 13.0. The minimum absolute atomic E-state index is 0.00438. The topological polar surface area (TPSA) is 116 Å². The zero-order valence-electron chi connectivity index (χ0n) is 21.9. The van der Waals surface area contributed by atoms with Gasteiger partial charge in [-0.2, -0.15) is 0 Å². The number of fused-ring (bicyclic) bond motifs is 5. The van der Waals surface area contributed by atoms with Gasteiger partial charge in [-0.1, -0.05) is 39.3 Å². The molecule has 7 atom stereocenters. The van der Waals surface area contributed by atoms with Crippen LogP contribution in [0.15, 0.2) is 23.8 Å². The number of methoxy groups -OCH3 is 1. The molecule has 0 aliphatic heterocycles. The van der Waals surface area contributed by atoms with Crippen LogP contribution in [0.2, 0.25) is 0 Å². The highest BCUT2D eigenvalue weighted by molar-refractivity contribution is 6.01. The number of hydrogen-bond donors (Lipinski definition) is 1. The van der Waals surface area contributed by atoms with Crippen molar-refractivity contribution in [2.24, 2.45) is 34.5 Å². The zero-order chi connectivity index (χ0) is 26.5. The first kappa shape index (κ1) is 26.6. The number of esters is 1. The molecule has 1 N–H and O–H groups in total. The Hall–Kier alpha value is -2.48. The maximum Gasteiger partial charge on any atom is 0.509 e. The molecule has 0 amide bonds. The number of ether oxygens (including phenoxy) is 3. The second-order valence-corrected chi connectivity index (χ2v) is 11.8. The van der Waals surface area contributed by atoms with Crippen molar-refractivity contribution in [2.75, 3.05) is 13.7 Å². The van der Waals surface area contributed by atoms with Crippen LogP contribution in [-0.2, 0) is 28.6 Å². The molecule has 0 radical (unpaired) electrons. The standard InChI is InChI=1S/C28H38O8/c1-16(2)12-23(32)35-15-22(31)28(36-25(33)34-5)11-9-20-19-7-6-17-13-18(29)8-10-26(17,3)24(19)21(30)14-27(20,28)4/h8,10,13,16,19-21,24,30H,6-7,9,11-12,14-15H2,1-5H3/t19-,20-,21?,24+,26-,27-,28-/m0/s1. The van der Waals surface area contributed by atoms with Crippen LogP contribution in [0.25, 0.3) is 0 Å². The lowest BCUT2D eigenvalue weighted by molar-refractivity contribution is -0.185. The summed E-state index contributed by atoms with van der Waals surface area (Å²) in [5.41, 5.74) is -1.83. The largest absolute Gasteiger partial charge is 0.509 e. The molecule has 8 heteroatoms. The van der Waals surface area contributed by atoms with Gasteiger partial charge in [0.25, 0.3) is 0 Å². The van der Waals surface area contributed by atoms with E-state index >= 15 is 0 Å². The van der Waals surface area contributed by atoms with Gasteiger partial charge in [-0.3, -0.25) is 14.4 Å². The molecular formula is C28H38O8. The Morgan fingerprint density at radius 2 is 1.92 bits per heavy atom. The Bertz CT molecular complexity index is 1010. The molecule has 198 valence electrons. The second-order valence-electron chi connectivity index (χ2n) is 11.8. The average Bonchev–Trinajstić information content (AvgIpc) is 3.09. The molecule has 3 saturated carbocycles. The summed E-state index contributed by atoms with van der Waals surface area (Å²) >= 11 is 0. The molecule has 0 aromatic rings. The van der Waals surface area contributed by atoms with Crippen LogP contribution in [0.3, 0.4) is 0 Å². The first-order valence-electron chi connectivity index (χ1n) is 13.0. The van der Waals surface area contributed by atoms with Crippen molar-refractivity contribution in [1.82, 2.24) is 0 Å². The lowest BCUT2D eigenvalue weighted by atomic mass is 9.46. The van der Waals surface area contributed by atoms with E-state index in [0.29, 0.717) is 6.42 Å². The lowest BCUT2D eigenvalue weighted by Gasteiger charge is -2.59. The lowest BCUT2D eigenvalue weighted by Crippen LogP contribution is -2.63. The van der Waals surface area contributed by atoms with E-state index in [2.05, 4.69) is 6.92 Å². The van der Waals surface area contributed by atoms with E-state index in [1.165, 1.54) is 7.11 Å². The number of ketones is 2. The van der Waals surface area contributed by atoms with Gasteiger partial charge < -0.3 is 19.3 Å². The molecule has 0 bridgehead atoms. The van der Waals surface area contributed by atoms with E-state index < -0.39 is 47.0 Å². The Morgan fingerprint density at radius 3 is 2.58 bits per heavy atom. The summed E-state index contributed by atoms with van der Waals surface area (Å²) in [5, 5.41) is 11.6. The number of aliphatic hydroxyl groups is 1. The number of aliphatic hydroxyl groups excluding tert-OH is 1. The van der Waals surface area contributed by atoms with Crippen molar-refractivity contribution in [3.05, 3.63) is 23.8 Å². The highest BCUT2D eigenvalue weighted by Gasteiger charge is 2.70. The van der Waals surface area contributed by atoms with Crippen LogP contribution >= 0.6 is 0 Å². The predicted octanol–water partition coefficient (Wildman–Crippen LogP) is 3.95. The van der Waals surface area contributed by atoms with Crippen LogP contribution in [0.4, 0.5) is 4.79 Å². The number of carbonyl (C=O) groups is 4. The fourth-order valence-electron chi connectivity index (χ4n) is 7.84. The fraction of sp³-hybridized carbons (Fsp3) is 0.714. The molecule has 1 unspecified atom stereocenters. The second kappa shape index (κ2) is 9.43. The Balaban J connectivity index is 1.67. The average molecular weight is 503 g/mol. The van der Waals surface area contributed by atoms with Gasteiger partial charge in [0, 0.05) is 23.2 Å². The summed E-state index contributed by atoms with van der Waals surface area (Å²) in [7, 11) is 1.19. The van der Waals surface area contributed by atoms with Crippen molar-refractivity contribution in [3.8, 4) is 0 Å². The van der Waals surface area contributed by atoms with Crippen LogP contribution in [-0.4, -0.2) is 54.2 Å². The zero-order valence-corrected chi connectivity index (χ0v) is 21.9. The van der Waals surface area contributed by atoms with Crippen molar-refractivity contribution in [1.29, 1.82) is 0 Å². The Morgan fingerprint density at radius 1 is 1.19 bits per heavy atom. The minimum atomic E-state index is -1.57. The third kappa shape index (κ3) is 4.11. The monoisotopic (exact) mass is 502 g/mol. The van der Waals surface area contributed by atoms with E-state index in [1.807, 2.05) is 26.8 Å². The molecule has 3 fully saturated rings. The van der Waals surface area contributed by atoms with Gasteiger partial charge in [0.15, 0.2) is 18.0 Å². The van der Waals surface area contributed by atoms with Crippen molar-refractivity contribution < 1.29 is 38.5 Å². The SMILES string of the molecule is COC(=O)O[C@]1(C(=O)COC(=O)CC(C)C)CC[C@H]2[C@@H]3CCC4=CC(=O)C=C[C@]4(C)[C@H]3C(O)C[C@@]21C. The van der Waals surface area contributed by atoms with Gasteiger partial charge in [0.2, 0.25) is 5.78 Å². The Kier molecular flexibility index (Phi) is 6.97. The molecular weight excluding hydrogens is 464 g/mol. The molecule has 4 aliphatic carbocycles. The molecule has 36 heavy (non-hydrogen) atoms. The molecule has 0 spiro atoms. The quantitative estimate of drug-likeness (QED) is 0.543. The normalized spacial score (nSPS) is 39.0. The van der Waals surface area contributed by atoms with Crippen molar-refractivity contribution >= 4 is 23.7 Å². The van der Waals surface area contributed by atoms with Gasteiger partial charge in [0.05, 0.1) is 13.2 Å². The summed E-state index contributed by atoms with van der Waals surface area (Å²) in [4.78, 5) is 50.3. The number of rotatable bonds is 6.